The van der Waals surface area contributed by atoms with E-state index in [1.165, 1.54) is 6.08 Å². The Hall–Kier alpha value is -4.20. The topological polar surface area (TPSA) is 103 Å². The first kappa shape index (κ1) is 19.1. The van der Waals surface area contributed by atoms with Crippen molar-refractivity contribution in [2.24, 2.45) is 0 Å². The van der Waals surface area contributed by atoms with Gasteiger partial charge in [-0.15, -0.1) is 0 Å². The molecule has 8 heteroatoms. The van der Waals surface area contributed by atoms with E-state index in [2.05, 4.69) is 26.3 Å². The molecule has 4 rings (SSSR count). The summed E-state index contributed by atoms with van der Waals surface area (Å²) in [6.45, 7) is 1.94. The van der Waals surface area contributed by atoms with Crippen LogP contribution in [0.5, 0.6) is 0 Å². The summed E-state index contributed by atoms with van der Waals surface area (Å²) < 4.78 is 1.82. The number of fused-ring (bicyclic) bond motifs is 1. The predicted octanol–water partition coefficient (Wildman–Crippen LogP) is 4.93. The summed E-state index contributed by atoms with van der Waals surface area (Å²) in [6.07, 6.45) is 6.41. The molecule has 0 amide bonds. The average molecular weight is 412 g/mol. The molecular formula is C22H14ClN7. The molecule has 0 aliphatic rings. The second-order valence-corrected chi connectivity index (χ2v) is 6.87. The van der Waals surface area contributed by atoms with Crippen LogP contribution in [0.1, 0.15) is 16.7 Å². The second kappa shape index (κ2) is 8.04. The zero-order chi connectivity index (χ0) is 21.1. The Labute approximate surface area is 177 Å². The van der Waals surface area contributed by atoms with E-state index in [0.717, 1.165) is 22.5 Å². The Balaban J connectivity index is 1.74. The van der Waals surface area contributed by atoms with Crippen molar-refractivity contribution in [1.29, 1.82) is 10.5 Å². The van der Waals surface area contributed by atoms with Crippen LogP contribution < -0.4 is 5.32 Å². The van der Waals surface area contributed by atoms with Crippen LogP contribution in [0.4, 0.5) is 11.6 Å². The first-order chi connectivity index (χ1) is 14.6. The molecule has 0 aliphatic heterocycles. The van der Waals surface area contributed by atoms with Crippen LogP contribution in [0.3, 0.4) is 0 Å². The van der Waals surface area contributed by atoms with Crippen LogP contribution in [-0.4, -0.2) is 19.5 Å². The maximum absolute atomic E-state index is 8.92. The van der Waals surface area contributed by atoms with Gasteiger partial charge in [0.25, 0.3) is 0 Å². The van der Waals surface area contributed by atoms with Gasteiger partial charge < -0.3 is 5.32 Å². The molecule has 0 atom stereocenters. The van der Waals surface area contributed by atoms with Gasteiger partial charge in [0, 0.05) is 11.8 Å². The smallest absolute Gasteiger partial charge is 0.229 e. The molecule has 0 fully saturated rings. The minimum atomic E-state index is 0.399. The summed E-state index contributed by atoms with van der Waals surface area (Å²) >= 11 is 6.55. The van der Waals surface area contributed by atoms with Crippen molar-refractivity contribution in [2.75, 3.05) is 5.32 Å². The highest BCUT2D eigenvalue weighted by Gasteiger charge is 2.14. The molecule has 0 unspecified atom stereocenters. The zero-order valence-corrected chi connectivity index (χ0v) is 16.6. The monoisotopic (exact) mass is 411 g/mol. The lowest BCUT2D eigenvalue weighted by atomic mass is 10.1. The molecule has 0 aliphatic carbocycles. The molecule has 7 nitrogen and oxygen atoms in total. The third-order valence-corrected chi connectivity index (χ3v) is 4.72. The quantitative estimate of drug-likeness (QED) is 0.477. The van der Waals surface area contributed by atoms with E-state index < -0.39 is 0 Å². The number of hydrogen-bond donors (Lipinski definition) is 1. The Morgan fingerprint density at radius 1 is 1.13 bits per heavy atom. The SMILES string of the molecule is Cc1cc(/C=C/C#N)cc(Cl)c1-n1cnc2cnc(Nc3ccc(C#N)cc3)nc21. The molecule has 2 aromatic carbocycles. The van der Waals surface area contributed by atoms with E-state index in [1.807, 2.05) is 23.6 Å². The van der Waals surface area contributed by atoms with Crippen LogP contribution >= 0.6 is 11.6 Å². The number of halogens is 1. The van der Waals surface area contributed by atoms with E-state index in [1.54, 1.807) is 48.9 Å². The fraction of sp³-hybridized carbons (Fsp3) is 0.0455. The number of nitriles is 2. The highest BCUT2D eigenvalue weighted by molar-refractivity contribution is 6.32. The molecule has 0 saturated heterocycles. The van der Waals surface area contributed by atoms with Gasteiger partial charge in [0.2, 0.25) is 5.95 Å². The number of anilines is 2. The van der Waals surface area contributed by atoms with E-state index in [-0.39, 0.29) is 0 Å². The average Bonchev–Trinajstić information content (AvgIpc) is 3.15. The third kappa shape index (κ3) is 3.70. The van der Waals surface area contributed by atoms with Gasteiger partial charge in [-0.2, -0.15) is 15.5 Å². The van der Waals surface area contributed by atoms with E-state index in [0.29, 0.717) is 27.7 Å². The highest BCUT2D eigenvalue weighted by Crippen LogP contribution is 2.29. The van der Waals surface area contributed by atoms with Gasteiger partial charge in [0.1, 0.15) is 11.8 Å². The number of allylic oxidation sites excluding steroid dienone is 1. The highest BCUT2D eigenvalue weighted by atomic mass is 35.5. The number of imidazole rings is 1. The lowest BCUT2D eigenvalue weighted by Gasteiger charge is -2.12. The Morgan fingerprint density at radius 2 is 1.93 bits per heavy atom. The van der Waals surface area contributed by atoms with Gasteiger partial charge in [-0.05, 0) is 60.5 Å². The van der Waals surface area contributed by atoms with Crippen molar-refractivity contribution in [2.45, 2.75) is 6.92 Å². The van der Waals surface area contributed by atoms with Crippen molar-refractivity contribution in [3.05, 3.63) is 76.7 Å². The van der Waals surface area contributed by atoms with Crippen molar-refractivity contribution >= 4 is 40.5 Å². The van der Waals surface area contributed by atoms with Crippen LogP contribution in [0.15, 0.2) is 55.0 Å². The molecule has 2 aromatic heterocycles. The van der Waals surface area contributed by atoms with Crippen molar-refractivity contribution in [3.8, 4) is 17.8 Å². The van der Waals surface area contributed by atoms with Crippen LogP contribution in [-0.2, 0) is 0 Å². The van der Waals surface area contributed by atoms with Crippen LogP contribution in [0.25, 0.3) is 22.9 Å². The van der Waals surface area contributed by atoms with Crippen molar-refractivity contribution in [3.63, 3.8) is 0 Å². The maximum atomic E-state index is 8.92. The Morgan fingerprint density at radius 3 is 2.63 bits per heavy atom. The molecule has 0 spiro atoms. The summed E-state index contributed by atoms with van der Waals surface area (Å²) in [5.41, 5.74) is 5.09. The number of hydrogen-bond acceptors (Lipinski definition) is 6. The summed E-state index contributed by atoms with van der Waals surface area (Å²) in [5, 5.41) is 21.3. The van der Waals surface area contributed by atoms with Crippen molar-refractivity contribution in [1.82, 2.24) is 19.5 Å². The number of benzene rings is 2. The number of nitrogens with one attached hydrogen (secondary N) is 1. The standard InChI is InChI=1S/C22H14ClN7/c1-14-9-16(3-2-8-24)10-18(23)20(14)30-13-27-19-12-26-22(29-21(19)30)28-17-6-4-15(11-25)5-7-17/h2-7,9-10,12-13H,1H3,(H,26,28,29)/b3-2+. The van der Waals surface area contributed by atoms with Gasteiger partial charge in [-0.25, -0.2) is 9.97 Å². The molecule has 144 valence electrons. The summed E-state index contributed by atoms with van der Waals surface area (Å²) in [6, 6.07) is 14.8. The molecule has 0 radical (unpaired) electrons. The number of nitrogens with zero attached hydrogens (tertiary/aromatic N) is 6. The lowest BCUT2D eigenvalue weighted by molar-refractivity contribution is 1.04. The molecule has 0 saturated carbocycles. The van der Waals surface area contributed by atoms with Crippen LogP contribution in [0, 0.1) is 29.6 Å². The number of rotatable bonds is 4. The first-order valence-electron chi connectivity index (χ1n) is 8.93. The summed E-state index contributed by atoms with van der Waals surface area (Å²) in [7, 11) is 0. The summed E-state index contributed by atoms with van der Waals surface area (Å²) in [4.78, 5) is 13.3. The zero-order valence-electron chi connectivity index (χ0n) is 15.8. The first-order valence-corrected chi connectivity index (χ1v) is 9.31. The number of aromatic nitrogens is 4. The predicted molar refractivity (Wildman–Crippen MR) is 115 cm³/mol. The van der Waals surface area contributed by atoms with Gasteiger partial charge >= 0.3 is 0 Å². The van der Waals surface area contributed by atoms with Gasteiger partial charge in [-0.1, -0.05) is 11.6 Å². The Kier molecular flexibility index (Phi) is 5.13. The molecule has 1 N–H and O–H groups in total. The molecule has 2 heterocycles. The third-order valence-electron chi connectivity index (χ3n) is 4.43. The Bertz CT molecular complexity index is 1330. The molecular weight excluding hydrogens is 398 g/mol. The van der Waals surface area contributed by atoms with E-state index >= 15 is 0 Å². The minimum absolute atomic E-state index is 0.399. The largest absolute Gasteiger partial charge is 0.324 e. The molecule has 4 aromatic rings. The number of aryl methyl sites for hydroxylation is 1. The maximum Gasteiger partial charge on any atom is 0.229 e. The fourth-order valence-corrected chi connectivity index (χ4v) is 3.45. The normalized spacial score (nSPS) is 10.8. The van der Waals surface area contributed by atoms with Crippen LogP contribution in [0.2, 0.25) is 5.02 Å². The fourth-order valence-electron chi connectivity index (χ4n) is 3.09. The van der Waals surface area contributed by atoms with Gasteiger partial charge in [-0.3, -0.25) is 4.57 Å². The van der Waals surface area contributed by atoms with Crippen molar-refractivity contribution < 1.29 is 0 Å². The van der Waals surface area contributed by atoms with E-state index in [4.69, 9.17) is 22.1 Å². The summed E-state index contributed by atoms with van der Waals surface area (Å²) in [5.74, 6) is 0.399. The van der Waals surface area contributed by atoms with Gasteiger partial charge in [0.15, 0.2) is 5.65 Å². The second-order valence-electron chi connectivity index (χ2n) is 6.46. The van der Waals surface area contributed by atoms with E-state index in [9.17, 15) is 0 Å². The van der Waals surface area contributed by atoms with Gasteiger partial charge in [0.05, 0.1) is 34.6 Å². The molecule has 30 heavy (non-hydrogen) atoms. The molecule has 0 bridgehead atoms. The lowest BCUT2D eigenvalue weighted by Crippen LogP contribution is -2.02. The minimum Gasteiger partial charge on any atom is -0.324 e.